The van der Waals surface area contributed by atoms with Crippen molar-refractivity contribution < 1.29 is 18.7 Å². The first-order chi connectivity index (χ1) is 14.1. The van der Waals surface area contributed by atoms with Crippen LogP contribution in [0.1, 0.15) is 33.6 Å². The molecule has 0 radical (unpaired) electrons. The highest BCUT2D eigenvalue weighted by atomic mass is 19.1. The first kappa shape index (κ1) is 20.8. The lowest BCUT2D eigenvalue weighted by Crippen LogP contribution is -2.45. The van der Waals surface area contributed by atoms with E-state index in [0.29, 0.717) is 31.8 Å². The van der Waals surface area contributed by atoms with Gasteiger partial charge >= 0.3 is 0 Å². The minimum absolute atomic E-state index is 0.0268. The molecule has 2 amide bonds. The lowest BCUT2D eigenvalue weighted by atomic mass is 10.0. The van der Waals surface area contributed by atoms with Gasteiger partial charge in [-0.1, -0.05) is 24.3 Å². The number of para-hydroxylation sites is 1. The second kappa shape index (κ2) is 10.0. The second-order valence-electron chi connectivity index (χ2n) is 6.98. The number of anilines is 1. The molecule has 0 unspecified atom stereocenters. The fraction of sp³-hybridized carbons (Fsp3) is 0.364. The Bertz CT molecular complexity index is 851. The Balaban J connectivity index is 1.59. The van der Waals surface area contributed by atoms with Crippen molar-refractivity contribution in [3.8, 4) is 0 Å². The van der Waals surface area contributed by atoms with E-state index in [4.69, 9.17) is 4.74 Å². The summed E-state index contributed by atoms with van der Waals surface area (Å²) in [4.78, 5) is 27.0. The van der Waals surface area contributed by atoms with Crippen LogP contribution in [0.25, 0.3) is 0 Å². The number of hydrogen-bond acceptors (Lipinski definition) is 4. The van der Waals surface area contributed by atoms with Gasteiger partial charge in [0.25, 0.3) is 11.8 Å². The van der Waals surface area contributed by atoms with Gasteiger partial charge in [-0.15, -0.1) is 0 Å². The van der Waals surface area contributed by atoms with E-state index in [1.54, 1.807) is 19.2 Å². The van der Waals surface area contributed by atoms with Crippen LogP contribution in [0.4, 0.5) is 10.1 Å². The number of piperidine rings is 1. The first-order valence-corrected chi connectivity index (χ1v) is 9.76. The molecule has 1 fully saturated rings. The second-order valence-corrected chi connectivity index (χ2v) is 6.98. The molecule has 29 heavy (non-hydrogen) atoms. The number of ether oxygens (including phenoxy) is 1. The van der Waals surface area contributed by atoms with E-state index < -0.39 is 5.82 Å². The van der Waals surface area contributed by atoms with Crippen molar-refractivity contribution in [3.05, 3.63) is 65.5 Å². The fourth-order valence-corrected chi connectivity index (χ4v) is 3.48. The predicted octanol–water partition coefficient (Wildman–Crippen LogP) is 2.60. The summed E-state index contributed by atoms with van der Waals surface area (Å²) < 4.78 is 18.8. The molecule has 0 saturated carbocycles. The molecule has 0 aromatic heterocycles. The van der Waals surface area contributed by atoms with E-state index in [1.807, 2.05) is 24.3 Å². The third-order valence-corrected chi connectivity index (χ3v) is 5.03. The van der Waals surface area contributed by atoms with Crippen LogP contribution in [-0.4, -0.2) is 51.2 Å². The maximum Gasteiger partial charge on any atom is 0.254 e. The molecule has 1 heterocycles. The Morgan fingerprint density at radius 3 is 2.38 bits per heavy atom. The zero-order chi connectivity index (χ0) is 20.6. The highest BCUT2D eigenvalue weighted by Gasteiger charge is 2.24. The van der Waals surface area contributed by atoms with Gasteiger partial charge < -0.3 is 20.3 Å². The number of benzene rings is 2. The van der Waals surface area contributed by atoms with Crippen molar-refractivity contribution >= 4 is 17.5 Å². The molecular weight excluding hydrogens is 373 g/mol. The third-order valence-electron chi connectivity index (χ3n) is 5.03. The number of methoxy groups -OCH3 is 1. The zero-order valence-corrected chi connectivity index (χ0v) is 16.5. The maximum atomic E-state index is 13.8. The molecule has 0 spiro atoms. The lowest BCUT2D eigenvalue weighted by Gasteiger charge is -2.35. The van der Waals surface area contributed by atoms with Crippen LogP contribution in [-0.2, 0) is 4.74 Å². The average molecular weight is 399 g/mol. The van der Waals surface area contributed by atoms with Gasteiger partial charge in [-0.2, -0.15) is 0 Å². The van der Waals surface area contributed by atoms with Crippen molar-refractivity contribution in [3.63, 3.8) is 0 Å². The van der Waals surface area contributed by atoms with Crippen molar-refractivity contribution in [2.24, 2.45) is 0 Å². The molecule has 0 bridgehead atoms. The number of hydrogen-bond donors (Lipinski definition) is 2. The first-order valence-electron chi connectivity index (χ1n) is 9.76. The Morgan fingerprint density at radius 1 is 1.03 bits per heavy atom. The summed E-state index contributed by atoms with van der Waals surface area (Å²) in [5.41, 5.74) is 1.56. The molecule has 6 nitrogen and oxygen atoms in total. The molecule has 0 aliphatic carbocycles. The SMILES string of the molecule is COCCNC(=O)c1ccccc1N1CCC(NC(=O)c2ccccc2F)CC1. The van der Waals surface area contributed by atoms with Gasteiger partial charge in [-0.25, -0.2) is 4.39 Å². The standard InChI is InChI=1S/C22H26FN3O3/c1-29-15-12-24-21(27)18-7-3-5-9-20(18)26-13-10-16(11-14-26)25-22(28)17-6-2-4-8-19(17)23/h2-9,16H,10-15H2,1H3,(H,24,27)(H,25,28). The van der Waals surface area contributed by atoms with Crippen LogP contribution in [0.5, 0.6) is 0 Å². The summed E-state index contributed by atoms with van der Waals surface area (Å²) in [6.07, 6.45) is 1.44. The van der Waals surface area contributed by atoms with Crippen LogP contribution in [0.2, 0.25) is 0 Å². The smallest absolute Gasteiger partial charge is 0.254 e. The molecule has 154 valence electrons. The van der Waals surface area contributed by atoms with E-state index in [0.717, 1.165) is 18.5 Å². The van der Waals surface area contributed by atoms with Crippen molar-refractivity contribution in [1.29, 1.82) is 0 Å². The number of amides is 2. The van der Waals surface area contributed by atoms with Crippen LogP contribution in [0, 0.1) is 5.82 Å². The maximum absolute atomic E-state index is 13.8. The molecule has 0 atom stereocenters. The normalized spacial score (nSPS) is 14.5. The Kier molecular flexibility index (Phi) is 7.19. The fourth-order valence-electron chi connectivity index (χ4n) is 3.48. The number of rotatable bonds is 7. The number of halogens is 1. The highest BCUT2D eigenvalue weighted by molar-refractivity contribution is 5.99. The summed E-state index contributed by atoms with van der Waals surface area (Å²) in [5.74, 6) is -1.04. The van der Waals surface area contributed by atoms with E-state index in [-0.39, 0.29) is 23.4 Å². The average Bonchev–Trinajstić information content (AvgIpc) is 2.74. The van der Waals surface area contributed by atoms with E-state index in [2.05, 4.69) is 15.5 Å². The highest BCUT2D eigenvalue weighted by Crippen LogP contribution is 2.24. The molecular formula is C22H26FN3O3. The van der Waals surface area contributed by atoms with Gasteiger partial charge in [0.15, 0.2) is 0 Å². The van der Waals surface area contributed by atoms with Crippen LogP contribution in [0.3, 0.4) is 0 Å². The minimum atomic E-state index is -0.518. The van der Waals surface area contributed by atoms with E-state index in [1.165, 1.54) is 12.1 Å². The molecule has 2 aromatic rings. The summed E-state index contributed by atoms with van der Waals surface area (Å²) in [6, 6.07) is 13.4. The third kappa shape index (κ3) is 5.32. The van der Waals surface area contributed by atoms with Gasteiger partial charge in [0, 0.05) is 38.5 Å². The quantitative estimate of drug-likeness (QED) is 0.702. The van der Waals surface area contributed by atoms with Crippen LogP contribution in [0.15, 0.2) is 48.5 Å². The lowest BCUT2D eigenvalue weighted by molar-refractivity contribution is 0.0924. The van der Waals surface area contributed by atoms with Gasteiger partial charge in [-0.3, -0.25) is 9.59 Å². The topological polar surface area (TPSA) is 70.7 Å². The van der Waals surface area contributed by atoms with Gasteiger partial charge in [0.1, 0.15) is 5.82 Å². The van der Waals surface area contributed by atoms with E-state index in [9.17, 15) is 14.0 Å². The molecule has 2 aromatic carbocycles. The molecule has 1 aliphatic heterocycles. The van der Waals surface area contributed by atoms with E-state index >= 15 is 0 Å². The molecule has 1 saturated heterocycles. The number of nitrogens with one attached hydrogen (secondary N) is 2. The minimum Gasteiger partial charge on any atom is -0.383 e. The van der Waals surface area contributed by atoms with Gasteiger partial charge in [-0.05, 0) is 37.1 Å². The molecule has 3 rings (SSSR count). The number of carbonyl (C=O) groups is 2. The summed E-state index contributed by atoms with van der Waals surface area (Å²) in [7, 11) is 1.59. The summed E-state index contributed by atoms with van der Waals surface area (Å²) in [5, 5.41) is 5.78. The Labute approximate surface area is 170 Å². The predicted molar refractivity (Wildman–Crippen MR) is 110 cm³/mol. The monoisotopic (exact) mass is 399 g/mol. The van der Waals surface area contributed by atoms with Crippen LogP contribution < -0.4 is 15.5 Å². The zero-order valence-electron chi connectivity index (χ0n) is 16.5. The molecule has 7 heteroatoms. The van der Waals surface area contributed by atoms with Crippen molar-refractivity contribution in [1.82, 2.24) is 10.6 Å². The largest absolute Gasteiger partial charge is 0.383 e. The summed E-state index contributed by atoms with van der Waals surface area (Å²) >= 11 is 0. The van der Waals surface area contributed by atoms with Gasteiger partial charge in [0.05, 0.1) is 17.7 Å². The summed E-state index contributed by atoms with van der Waals surface area (Å²) in [6.45, 7) is 2.31. The Morgan fingerprint density at radius 2 is 1.69 bits per heavy atom. The number of nitrogens with zero attached hydrogens (tertiary/aromatic N) is 1. The van der Waals surface area contributed by atoms with Gasteiger partial charge in [0.2, 0.25) is 0 Å². The van der Waals surface area contributed by atoms with Crippen LogP contribution >= 0.6 is 0 Å². The number of carbonyl (C=O) groups excluding carboxylic acids is 2. The Hall–Kier alpha value is -2.93. The van der Waals surface area contributed by atoms with Crippen molar-refractivity contribution in [2.75, 3.05) is 38.3 Å². The molecule has 1 aliphatic rings. The molecule has 2 N–H and O–H groups in total. The van der Waals surface area contributed by atoms with Crippen molar-refractivity contribution in [2.45, 2.75) is 18.9 Å².